The van der Waals surface area contributed by atoms with Crippen LogP contribution >= 0.6 is 0 Å². The quantitative estimate of drug-likeness (QED) is 0.0838. The number of nitrogens with zero attached hydrogens (tertiary/aromatic N) is 2. The molecule has 0 spiro atoms. The van der Waals surface area contributed by atoms with Gasteiger partial charge in [0.05, 0.1) is 32.0 Å². The molecule has 1 aliphatic heterocycles. The number of phenols is 1. The van der Waals surface area contributed by atoms with Crippen molar-refractivity contribution in [2.45, 2.75) is 124 Å². The summed E-state index contributed by atoms with van der Waals surface area (Å²) in [5.74, 6) is 9.09. The largest absolute Gasteiger partial charge is 0.504 e. The van der Waals surface area contributed by atoms with Crippen molar-refractivity contribution in [2.24, 2.45) is 46.4 Å². The van der Waals surface area contributed by atoms with E-state index in [2.05, 4.69) is 80.7 Å². The lowest BCUT2D eigenvalue weighted by molar-refractivity contribution is -0.130. The van der Waals surface area contributed by atoms with Gasteiger partial charge in [0.2, 0.25) is 0 Å². The number of phenolic OH excluding ortho intramolecular Hbond substituents is 1. The third-order valence-electron chi connectivity index (χ3n) is 13.1. The second-order valence-electron chi connectivity index (χ2n) is 18.4. The number of ether oxygens (including phenoxy) is 1. The highest BCUT2D eigenvalue weighted by atomic mass is 16.5. The molecule has 3 aliphatic rings. The monoisotopic (exact) mass is 812 g/mol. The lowest BCUT2D eigenvalue weighted by Gasteiger charge is -2.32. The molecule has 1 aromatic heterocycles. The first-order valence-electron chi connectivity index (χ1n) is 22.4. The summed E-state index contributed by atoms with van der Waals surface area (Å²) in [6, 6.07) is 16.0. The van der Waals surface area contributed by atoms with E-state index in [9.17, 15) is 19.8 Å². The van der Waals surface area contributed by atoms with Crippen LogP contribution in [0.25, 0.3) is 0 Å². The van der Waals surface area contributed by atoms with E-state index < -0.39 is 17.9 Å². The van der Waals surface area contributed by atoms with Gasteiger partial charge >= 0.3 is 0 Å². The molecule has 0 unspecified atom stereocenters. The van der Waals surface area contributed by atoms with Gasteiger partial charge in [-0.15, -0.1) is 4.99 Å². The van der Waals surface area contributed by atoms with Crippen LogP contribution in [0.15, 0.2) is 71.5 Å². The number of ketones is 2. The van der Waals surface area contributed by atoms with E-state index in [0.29, 0.717) is 49.1 Å². The molecular weight excluding hydrogens is 747 g/mol. The van der Waals surface area contributed by atoms with Crippen molar-refractivity contribution in [1.29, 1.82) is 0 Å². The van der Waals surface area contributed by atoms with Crippen molar-refractivity contribution in [1.82, 2.24) is 4.98 Å². The van der Waals surface area contributed by atoms with E-state index in [1.807, 2.05) is 30.5 Å². The zero-order valence-corrected chi connectivity index (χ0v) is 36.6. The van der Waals surface area contributed by atoms with Crippen LogP contribution in [0.4, 0.5) is 5.82 Å². The summed E-state index contributed by atoms with van der Waals surface area (Å²) in [4.78, 5) is 37.5. The number of hydrogen-bond acceptors (Lipinski definition) is 8. The molecule has 4 N–H and O–H groups in total. The predicted octanol–water partition coefficient (Wildman–Crippen LogP) is 9.83. The third-order valence-corrected chi connectivity index (χ3v) is 13.1. The van der Waals surface area contributed by atoms with Gasteiger partial charge in [-0.3, -0.25) is 9.59 Å². The number of aromatic nitrogens is 1. The lowest BCUT2D eigenvalue weighted by atomic mass is 9.73. The van der Waals surface area contributed by atoms with Gasteiger partial charge in [0.25, 0.3) is 0 Å². The molecule has 6 rings (SSSR count). The maximum atomic E-state index is 14.7. The Bertz CT molecular complexity index is 2090. The molecule has 0 bridgehead atoms. The molecule has 8 nitrogen and oxygen atoms in total. The summed E-state index contributed by atoms with van der Waals surface area (Å²) < 4.78 is 5.56. The molecule has 0 saturated heterocycles. The van der Waals surface area contributed by atoms with E-state index in [-0.39, 0.29) is 53.8 Å². The molecule has 3 aromatic rings. The van der Waals surface area contributed by atoms with Crippen LogP contribution < -0.4 is 10.5 Å². The number of aromatic hydroxyl groups is 1. The second kappa shape index (κ2) is 20.6. The Balaban J connectivity index is 1.47. The number of Topliss-reactive ketones (excluding diaryl/α,β-unsaturated/α-hetero) is 2. The Morgan fingerprint density at radius 3 is 2.50 bits per heavy atom. The van der Waals surface area contributed by atoms with Crippen LogP contribution in [0.5, 0.6) is 11.5 Å². The first kappa shape index (κ1) is 44.7. The van der Waals surface area contributed by atoms with E-state index in [0.717, 1.165) is 72.4 Å². The highest BCUT2D eigenvalue weighted by molar-refractivity contribution is 6.00. The van der Waals surface area contributed by atoms with Gasteiger partial charge in [0.1, 0.15) is 35.6 Å². The number of aryl methyl sites for hydroxylation is 2. The number of carbonyl (C=O) groups excluding carboxylic acids is 2. The Morgan fingerprint density at radius 2 is 1.78 bits per heavy atom. The molecule has 7 atom stereocenters. The highest BCUT2D eigenvalue weighted by Gasteiger charge is 2.42. The van der Waals surface area contributed by atoms with Crippen molar-refractivity contribution in [2.75, 3.05) is 12.8 Å². The number of nitrogen functional groups attached to an aromatic ring is 1. The molecule has 1 fully saturated rings. The van der Waals surface area contributed by atoms with Gasteiger partial charge < -0.3 is 20.7 Å². The zero-order valence-electron chi connectivity index (χ0n) is 36.6. The summed E-state index contributed by atoms with van der Waals surface area (Å²) in [7, 11) is 1.53. The van der Waals surface area contributed by atoms with Crippen molar-refractivity contribution >= 4 is 23.6 Å². The first-order chi connectivity index (χ1) is 28.8. The van der Waals surface area contributed by atoms with Gasteiger partial charge in [0.15, 0.2) is 17.2 Å². The summed E-state index contributed by atoms with van der Waals surface area (Å²) in [5, 5.41) is 23.3. The van der Waals surface area contributed by atoms with Crippen LogP contribution in [0, 0.1) is 59.2 Å². The van der Waals surface area contributed by atoms with Gasteiger partial charge in [0, 0.05) is 30.4 Å². The number of methoxy groups -OCH3 is 1. The Labute approximate surface area is 358 Å². The summed E-state index contributed by atoms with van der Waals surface area (Å²) >= 11 is 0. The number of aliphatic hydroxyl groups is 1. The van der Waals surface area contributed by atoms with E-state index >= 15 is 0 Å². The number of hydrogen-bond donors (Lipinski definition) is 3. The Kier molecular flexibility index (Phi) is 15.3. The first-order valence-corrected chi connectivity index (χ1v) is 22.4. The topological polar surface area (TPSA) is 135 Å². The van der Waals surface area contributed by atoms with Crippen LogP contribution in [0.2, 0.25) is 0 Å². The van der Waals surface area contributed by atoms with Crippen molar-refractivity contribution < 1.29 is 24.5 Å². The number of allylic oxidation sites excluding steroid dienone is 1. The van der Waals surface area contributed by atoms with Crippen molar-refractivity contribution in [3.63, 3.8) is 0 Å². The van der Waals surface area contributed by atoms with Gasteiger partial charge in [-0.25, -0.2) is 4.98 Å². The number of anilines is 1. The maximum Gasteiger partial charge on any atom is 0.177 e. The van der Waals surface area contributed by atoms with Crippen LogP contribution in [0.1, 0.15) is 126 Å². The van der Waals surface area contributed by atoms with Crippen LogP contribution in [-0.2, 0) is 28.9 Å². The second-order valence-corrected chi connectivity index (χ2v) is 18.4. The molecule has 60 heavy (non-hydrogen) atoms. The molecule has 0 amide bonds. The number of rotatable bonds is 14. The van der Waals surface area contributed by atoms with Crippen LogP contribution in [0.3, 0.4) is 0 Å². The Hall–Kier alpha value is -4.87. The average molecular weight is 813 g/mol. The summed E-state index contributed by atoms with van der Waals surface area (Å²) in [6.45, 7) is 10.9. The summed E-state index contributed by atoms with van der Waals surface area (Å²) in [5.41, 5.74) is 12.2. The lowest BCUT2D eigenvalue weighted by Crippen LogP contribution is -2.32. The molecule has 318 valence electrons. The molecule has 2 aliphatic carbocycles. The minimum atomic E-state index is -0.638. The standard InChI is InChI=1S/C52H65N3O5/c1-7-10-44(48(57)28-41-25-40(31-55-41)33(4)5)39-23-35(21-34-19-20-54-52(53)24-34)22-37-16-18-45(43-12-9-8-11-36(43)14-13-32(2)3)46-30-50(59)51(60-6)27-38(46)15-17-42(56)29-49(58)47(37)26-39/h8-9,11-12,19-20,24-25,27,30-33,35,37,39,44-45,47-48,57H,7,10,13-15,17,21-23,26,28-29H2,1-6H3,(H2-,53,54,59)/p+1/t35-,37-,39+,44+,45-,47-,48-/m1/s1. The van der Waals surface area contributed by atoms with E-state index in [4.69, 9.17) is 10.5 Å². The van der Waals surface area contributed by atoms with Crippen LogP contribution in [-0.4, -0.2) is 46.2 Å². The molecule has 8 heteroatoms. The van der Waals surface area contributed by atoms with Gasteiger partial charge in [-0.2, -0.15) is 0 Å². The fourth-order valence-electron chi connectivity index (χ4n) is 9.88. The number of nitrogens with two attached hydrogens (primary N) is 1. The number of aliphatic imine (C=N–C) groups is 1. The number of carbonyl (C=O) groups is 2. The average Bonchev–Trinajstić information content (AvgIpc) is 3.61. The van der Waals surface area contributed by atoms with Gasteiger partial charge in [-0.05, 0) is 141 Å². The third kappa shape index (κ3) is 11.3. The van der Waals surface area contributed by atoms with E-state index in [1.54, 1.807) is 12.3 Å². The SMILES string of the molecule is CCC[C@@H]([C@H]1C[C@H](Cc2ccnc(N)c2)C[C@H]2C#C[C@H](c3ccccc3CCC(C)C)c3cc(O)c(OC)cc3CCC(=O)CC(=O)[C@@H]2C1)[C@H](O)CC1=C[C+](C(C)C)C=N1. The normalized spacial score (nSPS) is 23.1. The molecule has 1 saturated carbocycles. The minimum Gasteiger partial charge on any atom is -0.504 e. The van der Waals surface area contributed by atoms with Gasteiger partial charge in [-0.1, -0.05) is 63.3 Å². The molecular formula is C52H66N3O5+. The number of pyridine rings is 1. The number of fused-ring (bicyclic) bond motifs is 2. The van der Waals surface area contributed by atoms with E-state index in [1.165, 1.54) is 12.7 Å². The maximum absolute atomic E-state index is 14.7. The fourth-order valence-corrected chi connectivity index (χ4v) is 9.88. The molecule has 2 aromatic carbocycles. The fraction of sp³-hybridized carbons (Fsp3) is 0.519. The number of aliphatic hydroxyl groups excluding tert-OH is 1. The number of benzene rings is 2. The molecule has 0 radical (unpaired) electrons. The Morgan fingerprint density at radius 1 is 0.983 bits per heavy atom. The zero-order chi connectivity index (χ0) is 42.9. The van der Waals surface area contributed by atoms with Crippen molar-refractivity contribution in [3.05, 3.63) is 100 Å². The smallest absolute Gasteiger partial charge is 0.177 e. The minimum absolute atomic E-state index is 0.0186. The molecule has 2 heterocycles. The van der Waals surface area contributed by atoms with Crippen molar-refractivity contribution in [3.8, 4) is 23.3 Å². The highest BCUT2D eigenvalue weighted by Crippen LogP contribution is 2.45. The summed E-state index contributed by atoms with van der Waals surface area (Å²) in [6.07, 6.45) is 12.4. The predicted molar refractivity (Wildman–Crippen MR) is 241 cm³/mol.